The Kier molecular flexibility index (Phi) is 6.73. The van der Waals surface area contributed by atoms with Gasteiger partial charge in [0.25, 0.3) is 5.91 Å². The Bertz CT molecular complexity index is 1020. The zero-order chi connectivity index (χ0) is 22.7. The van der Waals surface area contributed by atoms with Crippen molar-refractivity contribution >= 4 is 23.4 Å². The van der Waals surface area contributed by atoms with Gasteiger partial charge in [0.1, 0.15) is 11.9 Å². The molecule has 0 bridgehead atoms. The molecule has 2 aromatic carbocycles. The third-order valence-corrected chi connectivity index (χ3v) is 5.50. The minimum Gasteiger partial charge on any atom is -0.347 e. The van der Waals surface area contributed by atoms with E-state index in [0.29, 0.717) is 24.1 Å². The fraction of sp³-hybridized carbons (Fsp3) is 0.375. The summed E-state index contributed by atoms with van der Waals surface area (Å²) in [7, 11) is 3.30. The van der Waals surface area contributed by atoms with Crippen molar-refractivity contribution in [2.75, 3.05) is 19.4 Å². The van der Waals surface area contributed by atoms with Crippen LogP contribution in [0.3, 0.4) is 0 Å². The highest BCUT2D eigenvalue weighted by atomic mass is 19.1. The van der Waals surface area contributed by atoms with Gasteiger partial charge in [-0.05, 0) is 54.3 Å². The van der Waals surface area contributed by atoms with E-state index in [9.17, 15) is 18.8 Å². The summed E-state index contributed by atoms with van der Waals surface area (Å²) in [5.74, 6) is -1.11. The van der Waals surface area contributed by atoms with Gasteiger partial charge in [-0.25, -0.2) is 4.39 Å². The van der Waals surface area contributed by atoms with Gasteiger partial charge in [-0.1, -0.05) is 19.1 Å². The van der Waals surface area contributed by atoms with Crippen molar-refractivity contribution in [1.82, 2.24) is 9.80 Å². The summed E-state index contributed by atoms with van der Waals surface area (Å²) in [6, 6.07) is 9.22. The first-order valence-electron chi connectivity index (χ1n) is 10.4. The lowest BCUT2D eigenvalue weighted by Gasteiger charge is -2.37. The number of aryl methyl sites for hydroxylation is 1. The molecule has 6 nitrogen and oxygen atoms in total. The van der Waals surface area contributed by atoms with Crippen LogP contribution >= 0.6 is 0 Å². The Morgan fingerprint density at radius 1 is 1.13 bits per heavy atom. The molecule has 0 spiro atoms. The molecule has 3 amide bonds. The lowest BCUT2D eigenvalue weighted by Crippen LogP contribution is -2.52. The summed E-state index contributed by atoms with van der Waals surface area (Å²) in [5, 5.41) is 2.87. The first-order valence-corrected chi connectivity index (χ1v) is 10.4. The summed E-state index contributed by atoms with van der Waals surface area (Å²) in [4.78, 5) is 41.0. The third kappa shape index (κ3) is 4.93. The van der Waals surface area contributed by atoms with Crippen molar-refractivity contribution in [3.05, 3.63) is 64.5 Å². The Hall–Kier alpha value is -3.22. The summed E-state index contributed by atoms with van der Waals surface area (Å²) in [6.07, 6.45) is 1.54. The van der Waals surface area contributed by atoms with E-state index in [0.717, 1.165) is 17.5 Å². The lowest BCUT2D eigenvalue weighted by atomic mass is 9.92. The molecule has 1 atom stereocenters. The molecular weight excluding hydrogens is 397 g/mol. The van der Waals surface area contributed by atoms with Crippen LogP contribution in [-0.2, 0) is 22.6 Å². The number of carbonyl (C=O) groups excluding carboxylic acids is 3. The molecule has 1 aliphatic rings. The smallest absolute Gasteiger partial charge is 0.254 e. The van der Waals surface area contributed by atoms with Crippen molar-refractivity contribution in [3.63, 3.8) is 0 Å². The Morgan fingerprint density at radius 2 is 1.87 bits per heavy atom. The van der Waals surface area contributed by atoms with Gasteiger partial charge < -0.3 is 15.1 Å². The number of nitrogens with zero attached hydrogens (tertiary/aromatic N) is 2. The van der Waals surface area contributed by atoms with E-state index in [1.807, 2.05) is 25.1 Å². The summed E-state index contributed by atoms with van der Waals surface area (Å²) >= 11 is 0. The first-order chi connectivity index (χ1) is 14.7. The number of nitrogens with one attached hydrogen (secondary N) is 1. The van der Waals surface area contributed by atoms with Crippen molar-refractivity contribution in [1.29, 1.82) is 0 Å². The molecule has 0 unspecified atom stereocenters. The van der Waals surface area contributed by atoms with Gasteiger partial charge in [0.2, 0.25) is 11.8 Å². The molecule has 0 saturated carbocycles. The SMILES string of the molecule is CCCC(=O)Nc1ccc2c(c1)CN(C(=O)c1ccc(C)c(F)c1)[C@@H](C(=O)N(C)C)C2. The molecule has 0 aromatic heterocycles. The molecular formula is C24H28FN3O3. The largest absolute Gasteiger partial charge is 0.347 e. The number of hydrogen-bond acceptors (Lipinski definition) is 3. The zero-order valence-corrected chi connectivity index (χ0v) is 18.4. The van der Waals surface area contributed by atoms with E-state index in [-0.39, 0.29) is 23.9 Å². The molecule has 0 fully saturated rings. The van der Waals surface area contributed by atoms with Crippen LogP contribution in [0, 0.1) is 12.7 Å². The summed E-state index contributed by atoms with van der Waals surface area (Å²) in [5.41, 5.74) is 3.12. The molecule has 1 N–H and O–H groups in total. The van der Waals surface area contributed by atoms with Crippen molar-refractivity contribution in [2.24, 2.45) is 0 Å². The summed E-state index contributed by atoms with van der Waals surface area (Å²) in [6.45, 7) is 3.77. The van der Waals surface area contributed by atoms with Gasteiger partial charge in [0.15, 0.2) is 0 Å². The molecule has 2 aromatic rings. The Morgan fingerprint density at radius 3 is 2.52 bits per heavy atom. The topological polar surface area (TPSA) is 69.7 Å². The third-order valence-electron chi connectivity index (χ3n) is 5.50. The van der Waals surface area contributed by atoms with Gasteiger partial charge in [-0.3, -0.25) is 14.4 Å². The number of rotatable bonds is 5. The number of hydrogen-bond donors (Lipinski definition) is 1. The maximum atomic E-state index is 14.1. The van der Waals surface area contributed by atoms with Crippen molar-refractivity contribution in [2.45, 2.75) is 45.7 Å². The predicted molar refractivity (Wildman–Crippen MR) is 117 cm³/mol. The van der Waals surface area contributed by atoms with Gasteiger partial charge in [0.05, 0.1) is 0 Å². The van der Waals surface area contributed by atoms with E-state index in [1.165, 1.54) is 15.9 Å². The second kappa shape index (κ2) is 9.29. The fourth-order valence-corrected chi connectivity index (χ4v) is 3.74. The number of fused-ring (bicyclic) bond motifs is 1. The summed E-state index contributed by atoms with van der Waals surface area (Å²) < 4.78 is 14.1. The predicted octanol–water partition coefficient (Wildman–Crippen LogP) is 3.53. The number of likely N-dealkylation sites (N-methyl/N-ethyl adjacent to an activating group) is 1. The number of amides is 3. The standard InChI is InChI=1S/C24H28FN3O3/c1-5-6-22(29)26-19-10-9-16-13-21(24(31)27(3)4)28(14-18(16)11-19)23(30)17-8-7-15(2)20(25)12-17/h7-12,21H,5-6,13-14H2,1-4H3,(H,26,29)/t21-/m1/s1. The maximum absolute atomic E-state index is 14.1. The first kappa shape index (κ1) is 22.5. The van der Waals surface area contributed by atoms with Crippen LogP contribution in [0.2, 0.25) is 0 Å². The molecule has 164 valence electrons. The molecule has 7 heteroatoms. The van der Waals surface area contributed by atoms with E-state index < -0.39 is 17.8 Å². The zero-order valence-electron chi connectivity index (χ0n) is 18.4. The quantitative estimate of drug-likeness (QED) is 0.797. The van der Waals surface area contributed by atoms with Gasteiger partial charge >= 0.3 is 0 Å². The number of carbonyl (C=O) groups is 3. The van der Waals surface area contributed by atoms with E-state index in [1.54, 1.807) is 33.2 Å². The highest BCUT2D eigenvalue weighted by molar-refractivity contribution is 5.98. The minimum atomic E-state index is -0.681. The maximum Gasteiger partial charge on any atom is 0.254 e. The molecule has 1 heterocycles. The molecule has 31 heavy (non-hydrogen) atoms. The van der Waals surface area contributed by atoms with Crippen molar-refractivity contribution < 1.29 is 18.8 Å². The van der Waals surface area contributed by atoms with Gasteiger partial charge in [0, 0.05) is 44.7 Å². The Labute approximate surface area is 182 Å². The highest BCUT2D eigenvalue weighted by Gasteiger charge is 2.36. The molecule has 0 radical (unpaired) electrons. The van der Waals surface area contributed by atoms with Crippen molar-refractivity contribution in [3.8, 4) is 0 Å². The Balaban J connectivity index is 1.95. The van der Waals surface area contributed by atoms with Crippen LogP contribution < -0.4 is 5.32 Å². The molecule has 0 saturated heterocycles. The normalized spacial score (nSPS) is 15.3. The van der Waals surface area contributed by atoms with Crippen LogP contribution in [0.15, 0.2) is 36.4 Å². The lowest BCUT2D eigenvalue weighted by molar-refractivity contribution is -0.134. The second-order valence-electron chi connectivity index (χ2n) is 8.13. The van der Waals surface area contributed by atoms with Gasteiger partial charge in [-0.15, -0.1) is 0 Å². The minimum absolute atomic E-state index is 0.0676. The molecule has 1 aliphatic heterocycles. The molecule has 0 aliphatic carbocycles. The monoisotopic (exact) mass is 425 g/mol. The van der Waals surface area contributed by atoms with E-state index in [4.69, 9.17) is 0 Å². The van der Waals surface area contributed by atoms with Crippen LogP contribution in [0.5, 0.6) is 0 Å². The average Bonchev–Trinajstić information content (AvgIpc) is 2.73. The number of halogens is 1. The molecule has 3 rings (SSSR count). The highest BCUT2D eigenvalue weighted by Crippen LogP contribution is 2.28. The average molecular weight is 426 g/mol. The van der Waals surface area contributed by atoms with E-state index in [2.05, 4.69) is 5.32 Å². The van der Waals surface area contributed by atoms with Crippen LogP contribution in [0.25, 0.3) is 0 Å². The van der Waals surface area contributed by atoms with E-state index >= 15 is 0 Å². The van der Waals surface area contributed by atoms with Crippen LogP contribution in [0.1, 0.15) is 46.8 Å². The van der Waals surface area contributed by atoms with Gasteiger partial charge in [-0.2, -0.15) is 0 Å². The van der Waals surface area contributed by atoms with Crippen LogP contribution in [0.4, 0.5) is 10.1 Å². The number of benzene rings is 2. The number of anilines is 1. The van der Waals surface area contributed by atoms with Crippen LogP contribution in [-0.4, -0.2) is 47.7 Å². The fourth-order valence-electron chi connectivity index (χ4n) is 3.74. The second-order valence-corrected chi connectivity index (χ2v) is 8.13.